The fourth-order valence-corrected chi connectivity index (χ4v) is 4.94. The van der Waals surface area contributed by atoms with E-state index < -0.39 is 0 Å². The highest BCUT2D eigenvalue weighted by atomic mass is 16.2. The number of likely N-dealkylation sites (tertiary alicyclic amines) is 1. The van der Waals surface area contributed by atoms with E-state index in [1.807, 2.05) is 23.1 Å². The van der Waals surface area contributed by atoms with Crippen molar-refractivity contribution in [3.05, 3.63) is 35.9 Å². The van der Waals surface area contributed by atoms with Crippen molar-refractivity contribution in [3.63, 3.8) is 0 Å². The van der Waals surface area contributed by atoms with Gasteiger partial charge >= 0.3 is 0 Å². The first-order valence-electron chi connectivity index (χ1n) is 11.3. The van der Waals surface area contributed by atoms with Crippen LogP contribution in [0.2, 0.25) is 0 Å². The van der Waals surface area contributed by atoms with Crippen LogP contribution in [0.4, 0.5) is 0 Å². The molecule has 1 aliphatic carbocycles. The summed E-state index contributed by atoms with van der Waals surface area (Å²) in [6, 6.07) is 10.6. The van der Waals surface area contributed by atoms with E-state index in [-0.39, 0.29) is 17.7 Å². The van der Waals surface area contributed by atoms with Gasteiger partial charge in [-0.25, -0.2) is 0 Å². The monoisotopic (exact) mass is 384 g/mol. The molecule has 2 amide bonds. The molecule has 0 aromatic heterocycles. The van der Waals surface area contributed by atoms with E-state index in [2.05, 4.69) is 30.9 Å². The molecule has 1 aromatic carbocycles. The average molecular weight is 385 g/mol. The Morgan fingerprint density at radius 3 is 2.29 bits per heavy atom. The molecule has 1 aromatic rings. The standard InChI is InChI=1S/C24H36N2O2/c1-3-22-12-8-9-17-26(22)24(28)21-15-13-20(14-16-21)23(27)25(4-2)18-19-10-6-5-7-11-19/h5-7,10-11,20-22H,3-4,8-9,12-18H2,1-2H3. The lowest BCUT2D eigenvalue weighted by atomic mass is 9.80. The first-order chi connectivity index (χ1) is 13.6. The van der Waals surface area contributed by atoms with E-state index in [1.54, 1.807) is 0 Å². The van der Waals surface area contributed by atoms with Crippen molar-refractivity contribution in [2.75, 3.05) is 13.1 Å². The number of piperidine rings is 1. The molecule has 4 nitrogen and oxygen atoms in total. The maximum atomic E-state index is 13.1. The Morgan fingerprint density at radius 1 is 0.964 bits per heavy atom. The van der Waals surface area contributed by atoms with Crippen LogP contribution in [0.15, 0.2) is 30.3 Å². The zero-order valence-corrected chi connectivity index (χ0v) is 17.6. The molecular formula is C24H36N2O2. The SMILES string of the molecule is CCC1CCCCN1C(=O)C1CCC(C(=O)N(CC)Cc2ccccc2)CC1. The zero-order chi connectivity index (χ0) is 19.9. The van der Waals surface area contributed by atoms with Crippen molar-refractivity contribution in [1.29, 1.82) is 0 Å². The third-order valence-corrected chi connectivity index (χ3v) is 6.72. The summed E-state index contributed by atoms with van der Waals surface area (Å²) in [6.07, 6.45) is 8.04. The number of rotatable bonds is 6. The molecule has 0 spiro atoms. The summed E-state index contributed by atoms with van der Waals surface area (Å²) in [4.78, 5) is 30.2. The first-order valence-corrected chi connectivity index (χ1v) is 11.3. The van der Waals surface area contributed by atoms with E-state index in [0.29, 0.717) is 18.5 Å². The van der Waals surface area contributed by atoms with E-state index in [0.717, 1.165) is 58.0 Å². The van der Waals surface area contributed by atoms with Crippen LogP contribution >= 0.6 is 0 Å². The number of benzene rings is 1. The van der Waals surface area contributed by atoms with E-state index in [4.69, 9.17) is 0 Å². The van der Waals surface area contributed by atoms with Gasteiger partial charge in [-0.3, -0.25) is 9.59 Å². The van der Waals surface area contributed by atoms with Gasteiger partial charge in [-0.1, -0.05) is 37.3 Å². The van der Waals surface area contributed by atoms with Crippen molar-refractivity contribution in [1.82, 2.24) is 9.80 Å². The van der Waals surface area contributed by atoms with Crippen molar-refractivity contribution in [2.45, 2.75) is 77.8 Å². The molecule has 1 saturated carbocycles. The number of amides is 2. The van der Waals surface area contributed by atoms with Crippen LogP contribution in [-0.2, 0) is 16.1 Å². The van der Waals surface area contributed by atoms with Crippen LogP contribution in [0.5, 0.6) is 0 Å². The quantitative estimate of drug-likeness (QED) is 0.717. The molecule has 1 atom stereocenters. The van der Waals surface area contributed by atoms with E-state index in [9.17, 15) is 9.59 Å². The fraction of sp³-hybridized carbons (Fsp3) is 0.667. The fourth-order valence-electron chi connectivity index (χ4n) is 4.94. The predicted octanol–water partition coefficient (Wildman–Crippen LogP) is 4.63. The van der Waals surface area contributed by atoms with Crippen LogP contribution in [0.25, 0.3) is 0 Å². The third-order valence-electron chi connectivity index (χ3n) is 6.72. The summed E-state index contributed by atoms with van der Waals surface area (Å²) in [7, 11) is 0. The molecule has 154 valence electrons. The van der Waals surface area contributed by atoms with Crippen molar-refractivity contribution in [2.24, 2.45) is 11.8 Å². The number of carbonyl (C=O) groups is 2. The van der Waals surface area contributed by atoms with Crippen LogP contribution in [0.1, 0.15) is 70.8 Å². The van der Waals surface area contributed by atoms with Gasteiger partial charge in [-0.15, -0.1) is 0 Å². The largest absolute Gasteiger partial charge is 0.339 e. The minimum atomic E-state index is 0.0797. The van der Waals surface area contributed by atoms with Crippen LogP contribution in [-0.4, -0.2) is 40.7 Å². The Labute approximate surface area is 170 Å². The Bertz CT molecular complexity index is 637. The lowest BCUT2D eigenvalue weighted by Gasteiger charge is -2.39. The van der Waals surface area contributed by atoms with E-state index in [1.165, 1.54) is 12.0 Å². The second-order valence-electron chi connectivity index (χ2n) is 8.48. The highest BCUT2D eigenvalue weighted by Gasteiger charge is 2.35. The second kappa shape index (κ2) is 10.1. The molecule has 0 radical (unpaired) electrons. The lowest BCUT2D eigenvalue weighted by Crippen LogP contribution is -2.47. The highest BCUT2D eigenvalue weighted by Crippen LogP contribution is 2.33. The minimum Gasteiger partial charge on any atom is -0.339 e. The smallest absolute Gasteiger partial charge is 0.225 e. The van der Waals surface area contributed by atoms with Crippen molar-refractivity contribution < 1.29 is 9.59 Å². The molecule has 1 saturated heterocycles. The van der Waals surface area contributed by atoms with Crippen molar-refractivity contribution in [3.8, 4) is 0 Å². The van der Waals surface area contributed by atoms with Gasteiger partial charge in [0.25, 0.3) is 0 Å². The van der Waals surface area contributed by atoms with Gasteiger partial charge < -0.3 is 9.80 Å². The highest BCUT2D eigenvalue weighted by molar-refractivity contribution is 5.81. The summed E-state index contributed by atoms with van der Waals surface area (Å²) in [5.74, 6) is 0.826. The molecule has 28 heavy (non-hydrogen) atoms. The van der Waals surface area contributed by atoms with Crippen LogP contribution in [0.3, 0.4) is 0 Å². The van der Waals surface area contributed by atoms with Crippen molar-refractivity contribution >= 4 is 11.8 Å². The topological polar surface area (TPSA) is 40.6 Å². The molecule has 2 fully saturated rings. The lowest BCUT2D eigenvalue weighted by molar-refractivity contribution is -0.144. The molecule has 1 aliphatic heterocycles. The Kier molecular flexibility index (Phi) is 7.52. The first kappa shape index (κ1) is 20.9. The predicted molar refractivity (Wildman–Crippen MR) is 113 cm³/mol. The molecule has 0 N–H and O–H groups in total. The minimum absolute atomic E-state index is 0.0797. The summed E-state index contributed by atoms with van der Waals surface area (Å²) in [6.45, 7) is 6.59. The zero-order valence-electron chi connectivity index (χ0n) is 17.6. The maximum Gasteiger partial charge on any atom is 0.225 e. The Balaban J connectivity index is 1.53. The molecule has 2 aliphatic rings. The van der Waals surface area contributed by atoms with Gasteiger partial charge in [0.2, 0.25) is 11.8 Å². The van der Waals surface area contributed by atoms with Gasteiger partial charge in [0.05, 0.1) is 0 Å². The summed E-state index contributed by atoms with van der Waals surface area (Å²) in [5, 5.41) is 0. The van der Waals surface area contributed by atoms with Gasteiger partial charge in [-0.05, 0) is 63.9 Å². The summed E-state index contributed by atoms with van der Waals surface area (Å²) in [5.41, 5.74) is 1.18. The summed E-state index contributed by atoms with van der Waals surface area (Å²) >= 11 is 0. The number of carbonyl (C=O) groups excluding carboxylic acids is 2. The van der Waals surface area contributed by atoms with Crippen LogP contribution < -0.4 is 0 Å². The molecule has 4 heteroatoms. The maximum absolute atomic E-state index is 13.1. The summed E-state index contributed by atoms with van der Waals surface area (Å²) < 4.78 is 0. The molecule has 1 heterocycles. The second-order valence-corrected chi connectivity index (χ2v) is 8.48. The molecule has 3 rings (SSSR count). The third kappa shape index (κ3) is 4.95. The number of hydrogen-bond acceptors (Lipinski definition) is 2. The van der Waals surface area contributed by atoms with Crippen LogP contribution in [0, 0.1) is 11.8 Å². The van der Waals surface area contributed by atoms with Gasteiger partial charge in [0.1, 0.15) is 0 Å². The molecular weight excluding hydrogens is 348 g/mol. The van der Waals surface area contributed by atoms with E-state index >= 15 is 0 Å². The number of hydrogen-bond donors (Lipinski definition) is 0. The molecule has 1 unspecified atom stereocenters. The van der Waals surface area contributed by atoms with Gasteiger partial charge in [-0.2, -0.15) is 0 Å². The van der Waals surface area contributed by atoms with Gasteiger partial charge in [0, 0.05) is 37.5 Å². The Hall–Kier alpha value is -1.84. The molecule has 0 bridgehead atoms. The number of nitrogens with zero attached hydrogens (tertiary/aromatic N) is 2. The normalized spacial score (nSPS) is 25.4. The van der Waals surface area contributed by atoms with Gasteiger partial charge in [0.15, 0.2) is 0 Å². The Morgan fingerprint density at radius 2 is 1.64 bits per heavy atom. The average Bonchev–Trinajstić information content (AvgIpc) is 2.77.